The third kappa shape index (κ3) is 4.04. The van der Waals surface area contributed by atoms with E-state index < -0.39 is 0 Å². The molecule has 0 saturated carbocycles. The summed E-state index contributed by atoms with van der Waals surface area (Å²) in [7, 11) is 1.93. The second-order valence-electron chi connectivity index (χ2n) is 5.77. The van der Waals surface area contributed by atoms with Gasteiger partial charge in [-0.15, -0.1) is 0 Å². The lowest BCUT2D eigenvalue weighted by Crippen LogP contribution is -2.45. The normalized spacial score (nSPS) is 20.0. The number of hydrogen-bond donors (Lipinski definition) is 1. The molecule has 1 aliphatic heterocycles. The quantitative estimate of drug-likeness (QED) is 0.859. The van der Waals surface area contributed by atoms with E-state index in [1.165, 1.54) is 0 Å². The number of amides is 1. The summed E-state index contributed by atoms with van der Waals surface area (Å²) in [4.78, 5) is 14.2. The second-order valence-corrected chi connectivity index (χ2v) is 5.77. The lowest BCUT2D eigenvalue weighted by Gasteiger charge is -2.24. The van der Waals surface area contributed by atoms with Crippen LogP contribution in [0.2, 0.25) is 0 Å². The monoisotopic (exact) mass is 295 g/mol. The van der Waals surface area contributed by atoms with Crippen LogP contribution in [0.1, 0.15) is 36.8 Å². The molecule has 6 nitrogen and oxygen atoms in total. The van der Waals surface area contributed by atoms with E-state index in [-0.39, 0.29) is 18.1 Å². The summed E-state index contributed by atoms with van der Waals surface area (Å²) in [5.74, 6) is 0.839. The molecular weight excluding hydrogens is 270 g/mol. The van der Waals surface area contributed by atoms with E-state index in [2.05, 4.69) is 10.5 Å². The summed E-state index contributed by atoms with van der Waals surface area (Å²) in [6, 6.07) is -0.208. The van der Waals surface area contributed by atoms with Crippen molar-refractivity contribution in [3.05, 3.63) is 17.0 Å². The maximum absolute atomic E-state index is 12.2. The third-order valence-electron chi connectivity index (χ3n) is 4.16. The van der Waals surface area contributed by atoms with Crippen LogP contribution in [0.5, 0.6) is 0 Å². The van der Waals surface area contributed by atoms with Gasteiger partial charge in [0, 0.05) is 25.3 Å². The fourth-order valence-electron chi connectivity index (χ4n) is 2.48. The van der Waals surface area contributed by atoms with E-state index in [1.807, 2.05) is 32.7 Å². The molecule has 2 heterocycles. The van der Waals surface area contributed by atoms with Gasteiger partial charge in [-0.3, -0.25) is 9.69 Å². The number of carbonyl (C=O) groups excluding carboxylic acids is 1. The molecular formula is C15H25N3O3. The maximum Gasteiger partial charge on any atom is 0.237 e. The fraction of sp³-hybridized carbons (Fsp3) is 0.733. The van der Waals surface area contributed by atoms with Crippen LogP contribution in [0.15, 0.2) is 4.52 Å². The van der Waals surface area contributed by atoms with Crippen LogP contribution in [-0.2, 0) is 16.1 Å². The molecule has 2 rings (SSSR count). The Balaban J connectivity index is 1.83. The predicted molar refractivity (Wildman–Crippen MR) is 78.9 cm³/mol. The average Bonchev–Trinajstić information content (AvgIpc) is 3.09. The lowest BCUT2D eigenvalue weighted by molar-refractivity contribution is -0.126. The molecule has 1 fully saturated rings. The van der Waals surface area contributed by atoms with Crippen molar-refractivity contribution in [1.29, 1.82) is 0 Å². The first-order valence-electron chi connectivity index (χ1n) is 7.50. The van der Waals surface area contributed by atoms with Crippen LogP contribution < -0.4 is 5.32 Å². The number of ether oxygens (including phenoxy) is 1. The number of nitrogens with one attached hydrogen (secondary N) is 1. The predicted octanol–water partition coefficient (Wildman–Crippen LogP) is 1.41. The first kappa shape index (κ1) is 16.0. The molecule has 6 heteroatoms. The number of aromatic nitrogens is 1. The molecule has 0 bridgehead atoms. The second kappa shape index (κ2) is 7.04. The molecule has 0 unspecified atom stereocenters. The Morgan fingerprint density at radius 2 is 2.29 bits per heavy atom. The molecule has 1 aromatic rings. The average molecular weight is 295 g/mol. The molecule has 0 spiro atoms. The van der Waals surface area contributed by atoms with Crippen LogP contribution in [-0.4, -0.2) is 48.3 Å². The van der Waals surface area contributed by atoms with Crippen LogP contribution in [0.3, 0.4) is 0 Å². The summed E-state index contributed by atoms with van der Waals surface area (Å²) >= 11 is 0. The fourth-order valence-corrected chi connectivity index (χ4v) is 2.48. The highest BCUT2D eigenvalue weighted by atomic mass is 16.5. The minimum atomic E-state index is -0.208. The third-order valence-corrected chi connectivity index (χ3v) is 4.16. The highest BCUT2D eigenvalue weighted by Gasteiger charge is 2.22. The van der Waals surface area contributed by atoms with E-state index in [1.54, 1.807) is 0 Å². The van der Waals surface area contributed by atoms with Gasteiger partial charge < -0.3 is 14.6 Å². The molecule has 0 aromatic carbocycles. The van der Waals surface area contributed by atoms with Gasteiger partial charge in [-0.2, -0.15) is 0 Å². The highest BCUT2D eigenvalue weighted by Crippen LogP contribution is 2.15. The van der Waals surface area contributed by atoms with Gasteiger partial charge >= 0.3 is 0 Å². The largest absolute Gasteiger partial charge is 0.376 e. The van der Waals surface area contributed by atoms with E-state index in [0.717, 1.165) is 36.5 Å². The molecule has 0 aliphatic carbocycles. The number of likely N-dealkylation sites (N-methyl/N-ethyl adjacent to an activating group) is 1. The summed E-state index contributed by atoms with van der Waals surface area (Å²) < 4.78 is 10.7. The molecule has 2 atom stereocenters. The van der Waals surface area contributed by atoms with E-state index in [9.17, 15) is 4.79 Å². The van der Waals surface area contributed by atoms with Crippen molar-refractivity contribution < 1.29 is 14.1 Å². The molecule has 21 heavy (non-hydrogen) atoms. The van der Waals surface area contributed by atoms with Gasteiger partial charge in [0.1, 0.15) is 5.76 Å². The Morgan fingerprint density at radius 1 is 1.52 bits per heavy atom. The molecule has 1 saturated heterocycles. The Kier molecular flexibility index (Phi) is 5.36. The van der Waals surface area contributed by atoms with E-state index in [4.69, 9.17) is 9.26 Å². The zero-order valence-electron chi connectivity index (χ0n) is 13.3. The lowest BCUT2D eigenvalue weighted by atomic mass is 10.1. The van der Waals surface area contributed by atoms with Gasteiger partial charge in [-0.25, -0.2) is 0 Å². The Hall–Kier alpha value is -1.40. The van der Waals surface area contributed by atoms with Gasteiger partial charge in [0.05, 0.1) is 17.8 Å². The zero-order chi connectivity index (χ0) is 15.4. The SMILES string of the molecule is Cc1noc(C)c1CN(C)[C@H](C)C(=O)NC[C@H]1CCCO1. The van der Waals surface area contributed by atoms with Crippen molar-refractivity contribution in [2.24, 2.45) is 0 Å². The van der Waals surface area contributed by atoms with Crippen LogP contribution >= 0.6 is 0 Å². The van der Waals surface area contributed by atoms with Gasteiger partial charge in [-0.05, 0) is 40.7 Å². The molecule has 1 N–H and O–H groups in total. The van der Waals surface area contributed by atoms with Gasteiger partial charge in [0.15, 0.2) is 0 Å². The molecule has 118 valence electrons. The molecule has 1 aromatic heterocycles. The van der Waals surface area contributed by atoms with Crippen molar-refractivity contribution in [2.75, 3.05) is 20.2 Å². The summed E-state index contributed by atoms with van der Waals surface area (Å²) in [5, 5.41) is 6.91. The van der Waals surface area contributed by atoms with Crippen molar-refractivity contribution >= 4 is 5.91 Å². The highest BCUT2D eigenvalue weighted by molar-refractivity contribution is 5.81. The molecule has 1 amide bonds. The van der Waals surface area contributed by atoms with Crippen molar-refractivity contribution in [3.8, 4) is 0 Å². The number of nitrogens with zero attached hydrogens (tertiary/aromatic N) is 2. The van der Waals surface area contributed by atoms with Crippen molar-refractivity contribution in [1.82, 2.24) is 15.4 Å². The topological polar surface area (TPSA) is 67.6 Å². The number of aryl methyl sites for hydroxylation is 2. The Labute approximate surface area is 125 Å². The summed E-state index contributed by atoms with van der Waals surface area (Å²) in [6.45, 7) is 7.77. The number of rotatable bonds is 6. The van der Waals surface area contributed by atoms with Crippen LogP contribution in [0.4, 0.5) is 0 Å². The minimum Gasteiger partial charge on any atom is -0.376 e. The van der Waals surface area contributed by atoms with Crippen LogP contribution in [0.25, 0.3) is 0 Å². The van der Waals surface area contributed by atoms with Gasteiger partial charge in [-0.1, -0.05) is 5.16 Å². The van der Waals surface area contributed by atoms with E-state index >= 15 is 0 Å². The number of hydrogen-bond acceptors (Lipinski definition) is 5. The first-order valence-corrected chi connectivity index (χ1v) is 7.50. The zero-order valence-corrected chi connectivity index (χ0v) is 13.3. The van der Waals surface area contributed by atoms with E-state index in [0.29, 0.717) is 13.1 Å². The smallest absolute Gasteiger partial charge is 0.237 e. The van der Waals surface area contributed by atoms with Crippen molar-refractivity contribution in [2.45, 2.75) is 52.3 Å². The minimum absolute atomic E-state index is 0.0276. The van der Waals surface area contributed by atoms with Gasteiger partial charge in [0.2, 0.25) is 5.91 Å². The van der Waals surface area contributed by atoms with Crippen LogP contribution in [0, 0.1) is 13.8 Å². The Morgan fingerprint density at radius 3 is 2.86 bits per heavy atom. The summed E-state index contributed by atoms with van der Waals surface area (Å²) in [6.07, 6.45) is 2.29. The first-order chi connectivity index (χ1) is 9.99. The van der Waals surface area contributed by atoms with Gasteiger partial charge in [0.25, 0.3) is 0 Å². The molecule has 0 radical (unpaired) electrons. The summed E-state index contributed by atoms with van der Waals surface area (Å²) in [5.41, 5.74) is 1.93. The standard InChI is InChI=1S/C15H25N3O3/c1-10-14(12(3)21-17-10)9-18(4)11(2)15(19)16-8-13-6-5-7-20-13/h11,13H,5-9H2,1-4H3,(H,16,19)/t11-,13-/m1/s1. The Bertz CT molecular complexity index is 461. The van der Waals surface area contributed by atoms with Crippen molar-refractivity contribution in [3.63, 3.8) is 0 Å². The number of carbonyl (C=O) groups is 1. The molecule has 1 aliphatic rings. The maximum atomic E-state index is 12.2.